The topological polar surface area (TPSA) is 87.3 Å². The van der Waals surface area contributed by atoms with Gasteiger partial charge in [-0.15, -0.1) is 11.3 Å². The number of aromatic nitrogens is 2. The predicted octanol–water partition coefficient (Wildman–Crippen LogP) is 3.71. The van der Waals surface area contributed by atoms with Gasteiger partial charge in [-0.1, -0.05) is 0 Å². The fraction of sp³-hybridized carbons (Fsp3) is 0.435. The molecule has 10 heteroatoms. The summed E-state index contributed by atoms with van der Waals surface area (Å²) in [6, 6.07) is 4.78. The Morgan fingerprint density at radius 3 is 2.97 bits per heavy atom. The molecule has 0 unspecified atom stereocenters. The standard InChI is InChI=1S/C23H25FN4O3S2/c24-16-12-14(4-5-17(16)28-7-9-31-10-8-28)25-20(29)6-11-32-13-19-26-22(30)21-15-2-1-3-18(15)33-23(21)27-19/h4-5,12H,1-3,6-11,13H2,(H,25,29)(H,26,27,30). The lowest BCUT2D eigenvalue weighted by atomic mass is 10.2. The van der Waals surface area contributed by atoms with Crippen LogP contribution in [0.4, 0.5) is 15.8 Å². The highest BCUT2D eigenvalue weighted by Gasteiger charge is 2.21. The monoisotopic (exact) mass is 488 g/mol. The Kier molecular flexibility index (Phi) is 6.66. The zero-order valence-corrected chi connectivity index (χ0v) is 19.7. The first-order valence-corrected chi connectivity index (χ1v) is 13.1. The van der Waals surface area contributed by atoms with E-state index in [1.54, 1.807) is 23.5 Å². The van der Waals surface area contributed by atoms with Gasteiger partial charge < -0.3 is 19.9 Å². The molecule has 1 aromatic carbocycles. The molecule has 1 amide bonds. The molecule has 3 aromatic rings. The molecule has 33 heavy (non-hydrogen) atoms. The summed E-state index contributed by atoms with van der Waals surface area (Å²) in [4.78, 5) is 36.4. The predicted molar refractivity (Wildman–Crippen MR) is 131 cm³/mol. The number of hydrogen-bond acceptors (Lipinski definition) is 7. The maximum Gasteiger partial charge on any atom is 0.259 e. The Balaban J connectivity index is 1.12. The van der Waals surface area contributed by atoms with Crippen molar-refractivity contribution < 1.29 is 13.9 Å². The van der Waals surface area contributed by atoms with Crippen LogP contribution >= 0.6 is 23.1 Å². The van der Waals surface area contributed by atoms with Crippen LogP contribution in [0.1, 0.15) is 29.1 Å². The number of carbonyl (C=O) groups is 1. The molecule has 3 heterocycles. The molecule has 1 aliphatic heterocycles. The Bertz CT molecular complexity index is 1240. The molecule has 0 spiro atoms. The number of aromatic amines is 1. The van der Waals surface area contributed by atoms with Crippen LogP contribution in [0.3, 0.4) is 0 Å². The molecule has 5 rings (SSSR count). The number of fused-ring (bicyclic) bond motifs is 3. The maximum absolute atomic E-state index is 14.5. The summed E-state index contributed by atoms with van der Waals surface area (Å²) in [5.74, 6) is 1.22. The first-order chi connectivity index (χ1) is 16.1. The van der Waals surface area contributed by atoms with E-state index >= 15 is 0 Å². The zero-order chi connectivity index (χ0) is 22.8. The van der Waals surface area contributed by atoms with Crippen LogP contribution in [0.2, 0.25) is 0 Å². The van der Waals surface area contributed by atoms with Crippen LogP contribution < -0.4 is 15.8 Å². The van der Waals surface area contributed by atoms with E-state index in [1.807, 2.05) is 4.90 Å². The number of amides is 1. The Labute approximate surface area is 198 Å². The van der Waals surface area contributed by atoms with Crippen LogP contribution in [0, 0.1) is 5.82 Å². The van der Waals surface area contributed by atoms with Crippen LogP contribution in [-0.2, 0) is 28.1 Å². The number of H-pyrrole nitrogens is 1. The van der Waals surface area contributed by atoms with Crippen molar-refractivity contribution in [2.75, 3.05) is 42.3 Å². The number of nitrogens with zero attached hydrogens (tertiary/aromatic N) is 2. The lowest BCUT2D eigenvalue weighted by Crippen LogP contribution is -2.36. The highest BCUT2D eigenvalue weighted by Crippen LogP contribution is 2.34. The van der Waals surface area contributed by atoms with Gasteiger partial charge in [0, 0.05) is 35.8 Å². The Morgan fingerprint density at radius 2 is 2.15 bits per heavy atom. The number of ether oxygens (including phenoxy) is 1. The summed E-state index contributed by atoms with van der Waals surface area (Å²) in [5, 5.41) is 3.52. The quantitative estimate of drug-likeness (QED) is 0.493. The number of anilines is 2. The molecule has 2 aliphatic rings. The first-order valence-electron chi connectivity index (χ1n) is 11.1. The van der Waals surface area contributed by atoms with E-state index < -0.39 is 0 Å². The van der Waals surface area contributed by atoms with Crippen molar-refractivity contribution >= 4 is 50.6 Å². The van der Waals surface area contributed by atoms with Crippen LogP contribution in [0.25, 0.3) is 10.2 Å². The molecule has 174 valence electrons. The lowest BCUT2D eigenvalue weighted by Gasteiger charge is -2.29. The summed E-state index contributed by atoms with van der Waals surface area (Å²) >= 11 is 3.16. The molecule has 0 bridgehead atoms. The number of benzene rings is 1. The number of thioether (sulfide) groups is 1. The summed E-state index contributed by atoms with van der Waals surface area (Å²) in [7, 11) is 0. The highest BCUT2D eigenvalue weighted by molar-refractivity contribution is 7.98. The van der Waals surface area contributed by atoms with Crippen molar-refractivity contribution in [3.63, 3.8) is 0 Å². The highest BCUT2D eigenvalue weighted by atomic mass is 32.2. The third kappa shape index (κ3) is 4.92. The SMILES string of the molecule is O=C(CCSCc1nc2sc3c(c2c(=O)[nH]1)CCC3)Nc1ccc(N2CCOCC2)c(F)c1. The van der Waals surface area contributed by atoms with Gasteiger partial charge in [-0.3, -0.25) is 9.59 Å². The molecule has 1 saturated heterocycles. The summed E-state index contributed by atoms with van der Waals surface area (Å²) in [6.07, 6.45) is 3.40. The zero-order valence-electron chi connectivity index (χ0n) is 18.1. The van der Waals surface area contributed by atoms with E-state index in [1.165, 1.54) is 28.3 Å². The second-order valence-electron chi connectivity index (χ2n) is 8.17. The van der Waals surface area contributed by atoms with Crippen molar-refractivity contribution in [3.05, 3.63) is 50.6 Å². The number of rotatable bonds is 7. The van der Waals surface area contributed by atoms with Gasteiger partial charge in [-0.25, -0.2) is 9.37 Å². The third-order valence-corrected chi connectivity index (χ3v) is 8.08. The van der Waals surface area contributed by atoms with Crippen molar-refractivity contribution in [3.8, 4) is 0 Å². The smallest absolute Gasteiger partial charge is 0.259 e. The average Bonchev–Trinajstić information content (AvgIpc) is 3.38. The lowest BCUT2D eigenvalue weighted by molar-refractivity contribution is -0.115. The minimum absolute atomic E-state index is 0.0599. The number of thiophene rings is 1. The minimum atomic E-state index is -0.353. The van der Waals surface area contributed by atoms with E-state index in [0.717, 1.165) is 29.5 Å². The van der Waals surface area contributed by atoms with Gasteiger partial charge in [0.2, 0.25) is 5.91 Å². The van der Waals surface area contributed by atoms with E-state index in [4.69, 9.17) is 4.74 Å². The fourth-order valence-electron chi connectivity index (χ4n) is 4.32. The Hall–Kier alpha value is -2.43. The number of hydrogen-bond donors (Lipinski definition) is 2. The van der Waals surface area contributed by atoms with Gasteiger partial charge in [-0.2, -0.15) is 11.8 Å². The largest absolute Gasteiger partial charge is 0.378 e. The molecule has 7 nitrogen and oxygen atoms in total. The summed E-state index contributed by atoms with van der Waals surface area (Å²) < 4.78 is 19.8. The van der Waals surface area contributed by atoms with Crippen LogP contribution in [0.5, 0.6) is 0 Å². The average molecular weight is 489 g/mol. The molecular weight excluding hydrogens is 463 g/mol. The molecule has 1 aliphatic carbocycles. The van der Waals surface area contributed by atoms with Gasteiger partial charge in [-0.05, 0) is 43.0 Å². The van der Waals surface area contributed by atoms with E-state index in [-0.39, 0.29) is 23.7 Å². The molecule has 2 aromatic heterocycles. The van der Waals surface area contributed by atoms with E-state index in [0.29, 0.717) is 55.0 Å². The summed E-state index contributed by atoms with van der Waals surface area (Å²) in [5.41, 5.74) is 2.09. The minimum Gasteiger partial charge on any atom is -0.378 e. The molecule has 0 atom stereocenters. The summed E-state index contributed by atoms with van der Waals surface area (Å²) in [6.45, 7) is 2.48. The van der Waals surface area contributed by atoms with Crippen molar-refractivity contribution in [1.29, 1.82) is 0 Å². The number of morpholine rings is 1. The third-order valence-electron chi connectivity index (χ3n) is 5.92. The molecular formula is C23H25FN4O3S2. The van der Waals surface area contributed by atoms with Gasteiger partial charge in [0.1, 0.15) is 16.5 Å². The normalized spacial score (nSPS) is 15.7. The number of aryl methyl sites for hydroxylation is 2. The van der Waals surface area contributed by atoms with Gasteiger partial charge in [0.15, 0.2) is 0 Å². The van der Waals surface area contributed by atoms with Gasteiger partial charge in [0.05, 0.1) is 30.0 Å². The molecule has 2 N–H and O–H groups in total. The number of nitrogens with one attached hydrogen (secondary N) is 2. The Morgan fingerprint density at radius 1 is 1.30 bits per heavy atom. The molecule has 1 fully saturated rings. The van der Waals surface area contributed by atoms with Crippen molar-refractivity contribution in [1.82, 2.24) is 9.97 Å². The fourth-order valence-corrected chi connectivity index (χ4v) is 6.40. The molecule has 0 saturated carbocycles. The maximum atomic E-state index is 14.5. The second-order valence-corrected chi connectivity index (χ2v) is 10.4. The number of halogens is 1. The molecule has 0 radical (unpaired) electrons. The van der Waals surface area contributed by atoms with Crippen molar-refractivity contribution in [2.24, 2.45) is 0 Å². The van der Waals surface area contributed by atoms with Crippen LogP contribution in [0.15, 0.2) is 23.0 Å². The second kappa shape index (κ2) is 9.82. The van der Waals surface area contributed by atoms with Gasteiger partial charge in [0.25, 0.3) is 5.56 Å². The number of carbonyl (C=O) groups excluding carboxylic acids is 1. The van der Waals surface area contributed by atoms with E-state index in [9.17, 15) is 14.0 Å². The first kappa shape index (κ1) is 22.4. The van der Waals surface area contributed by atoms with E-state index in [2.05, 4.69) is 15.3 Å². The van der Waals surface area contributed by atoms with Crippen molar-refractivity contribution in [2.45, 2.75) is 31.4 Å². The van der Waals surface area contributed by atoms with Crippen LogP contribution in [-0.4, -0.2) is 47.9 Å². The van der Waals surface area contributed by atoms with Gasteiger partial charge >= 0.3 is 0 Å².